The van der Waals surface area contributed by atoms with Crippen LogP contribution in [0.15, 0.2) is 23.8 Å². The molecule has 0 aliphatic heterocycles. The standard InChI is InChI=1S/C15H13NO6/c1-2-5-22-15(21)10(8-16)6-9-3-4-11(13(17)18)12(7-9)14(19)20/h3-4,6-7H,2,5H2,1H3,(H,17,18)(H,19,20)/b10-6+. The molecule has 0 spiro atoms. The lowest BCUT2D eigenvalue weighted by molar-refractivity contribution is -0.138. The molecule has 0 atom stereocenters. The first-order chi connectivity index (χ1) is 10.4. The van der Waals surface area contributed by atoms with E-state index in [4.69, 9.17) is 20.2 Å². The molecule has 0 bridgehead atoms. The molecular weight excluding hydrogens is 290 g/mol. The maximum atomic E-state index is 11.6. The summed E-state index contributed by atoms with van der Waals surface area (Å²) in [5.41, 5.74) is -0.891. The minimum atomic E-state index is -1.42. The van der Waals surface area contributed by atoms with E-state index in [1.165, 1.54) is 6.07 Å². The van der Waals surface area contributed by atoms with Gasteiger partial charge in [0.25, 0.3) is 0 Å². The van der Waals surface area contributed by atoms with Crippen LogP contribution in [0, 0.1) is 11.3 Å². The van der Waals surface area contributed by atoms with Crippen molar-refractivity contribution in [2.45, 2.75) is 13.3 Å². The second-order valence-electron chi connectivity index (χ2n) is 4.22. The normalized spacial score (nSPS) is 10.6. The molecule has 0 aliphatic carbocycles. The third kappa shape index (κ3) is 4.18. The number of nitriles is 1. The Kier molecular flexibility index (Phi) is 5.84. The predicted molar refractivity (Wildman–Crippen MR) is 75.2 cm³/mol. The number of esters is 1. The number of ether oxygens (including phenoxy) is 1. The van der Waals surface area contributed by atoms with Gasteiger partial charge in [-0.25, -0.2) is 14.4 Å². The lowest BCUT2D eigenvalue weighted by Gasteiger charge is -2.04. The number of carbonyl (C=O) groups excluding carboxylic acids is 1. The summed E-state index contributed by atoms with van der Waals surface area (Å²) in [6.45, 7) is 1.96. The molecule has 0 amide bonds. The van der Waals surface area contributed by atoms with Crippen molar-refractivity contribution in [2.24, 2.45) is 0 Å². The second kappa shape index (κ2) is 7.59. The molecule has 1 aromatic carbocycles. The van der Waals surface area contributed by atoms with Crippen LogP contribution < -0.4 is 0 Å². The van der Waals surface area contributed by atoms with Gasteiger partial charge in [0.05, 0.1) is 17.7 Å². The number of benzene rings is 1. The van der Waals surface area contributed by atoms with Crippen molar-refractivity contribution in [2.75, 3.05) is 6.61 Å². The first-order valence-corrected chi connectivity index (χ1v) is 6.30. The number of carboxylic acid groups (broad SMARTS) is 2. The van der Waals surface area contributed by atoms with Gasteiger partial charge in [-0.1, -0.05) is 13.0 Å². The monoisotopic (exact) mass is 303 g/mol. The van der Waals surface area contributed by atoms with Crippen molar-refractivity contribution >= 4 is 24.0 Å². The van der Waals surface area contributed by atoms with Crippen LogP contribution in [-0.2, 0) is 9.53 Å². The van der Waals surface area contributed by atoms with Crippen molar-refractivity contribution in [3.63, 3.8) is 0 Å². The maximum Gasteiger partial charge on any atom is 0.348 e. The van der Waals surface area contributed by atoms with Gasteiger partial charge in [-0.15, -0.1) is 0 Å². The Morgan fingerprint density at radius 2 is 1.86 bits per heavy atom. The molecule has 0 aromatic heterocycles. The van der Waals surface area contributed by atoms with Crippen LogP contribution in [0.3, 0.4) is 0 Å². The van der Waals surface area contributed by atoms with Gasteiger partial charge < -0.3 is 14.9 Å². The number of nitrogens with zero attached hydrogens (tertiary/aromatic N) is 1. The molecule has 7 nitrogen and oxygen atoms in total. The van der Waals surface area contributed by atoms with Gasteiger partial charge in [0.1, 0.15) is 11.6 Å². The summed E-state index contributed by atoms with van der Waals surface area (Å²) in [7, 11) is 0. The lowest BCUT2D eigenvalue weighted by Crippen LogP contribution is -2.09. The first kappa shape index (κ1) is 16.9. The van der Waals surface area contributed by atoms with E-state index in [0.717, 1.165) is 18.2 Å². The molecule has 1 rings (SSSR count). The fourth-order valence-electron chi connectivity index (χ4n) is 1.59. The third-order valence-corrected chi connectivity index (χ3v) is 2.59. The van der Waals surface area contributed by atoms with E-state index in [9.17, 15) is 14.4 Å². The summed E-state index contributed by atoms with van der Waals surface area (Å²) in [6.07, 6.45) is 1.75. The van der Waals surface area contributed by atoms with E-state index in [-0.39, 0.29) is 23.3 Å². The third-order valence-electron chi connectivity index (χ3n) is 2.59. The average Bonchev–Trinajstić information content (AvgIpc) is 2.49. The quantitative estimate of drug-likeness (QED) is 0.467. The number of rotatable bonds is 6. The molecule has 114 valence electrons. The van der Waals surface area contributed by atoms with Crippen LogP contribution in [0.2, 0.25) is 0 Å². The Morgan fingerprint density at radius 3 is 2.36 bits per heavy atom. The fraction of sp³-hybridized carbons (Fsp3) is 0.200. The second-order valence-corrected chi connectivity index (χ2v) is 4.22. The Morgan fingerprint density at radius 1 is 1.23 bits per heavy atom. The van der Waals surface area contributed by atoms with E-state index >= 15 is 0 Å². The molecule has 0 heterocycles. The highest BCUT2D eigenvalue weighted by Crippen LogP contribution is 2.16. The summed E-state index contributed by atoms with van der Waals surface area (Å²) in [5, 5.41) is 26.9. The van der Waals surface area contributed by atoms with Crippen LogP contribution in [0.1, 0.15) is 39.6 Å². The van der Waals surface area contributed by atoms with Gasteiger partial charge in [-0.2, -0.15) is 5.26 Å². The summed E-state index contributed by atoms with van der Waals surface area (Å²) >= 11 is 0. The number of carboxylic acids is 2. The zero-order chi connectivity index (χ0) is 16.7. The highest BCUT2D eigenvalue weighted by molar-refractivity contribution is 6.03. The van der Waals surface area contributed by atoms with Crippen molar-refractivity contribution in [1.82, 2.24) is 0 Å². The largest absolute Gasteiger partial charge is 0.478 e. The Balaban J connectivity index is 3.21. The van der Waals surface area contributed by atoms with Crippen molar-refractivity contribution < 1.29 is 29.3 Å². The lowest BCUT2D eigenvalue weighted by atomic mass is 10.0. The average molecular weight is 303 g/mol. The molecule has 0 fully saturated rings. The van der Waals surface area contributed by atoms with E-state index in [2.05, 4.69) is 0 Å². The smallest absolute Gasteiger partial charge is 0.348 e. The molecule has 0 saturated carbocycles. The molecule has 7 heteroatoms. The molecule has 0 radical (unpaired) electrons. The Hall–Kier alpha value is -3.14. The fourth-order valence-corrected chi connectivity index (χ4v) is 1.59. The molecule has 2 N–H and O–H groups in total. The van der Waals surface area contributed by atoms with Crippen LogP contribution in [0.4, 0.5) is 0 Å². The SMILES string of the molecule is CCCOC(=O)/C(C#N)=C/c1ccc(C(=O)O)c(C(=O)O)c1. The van der Waals surface area contributed by atoms with Crippen molar-refractivity contribution in [3.05, 3.63) is 40.5 Å². The summed E-state index contributed by atoms with van der Waals surface area (Å²) in [5.74, 6) is -3.61. The van der Waals surface area contributed by atoms with Crippen LogP contribution in [0.5, 0.6) is 0 Å². The first-order valence-electron chi connectivity index (χ1n) is 6.30. The molecule has 1 aromatic rings. The predicted octanol–water partition coefficient (Wildman–Crippen LogP) is 1.94. The Bertz CT molecular complexity index is 684. The van der Waals surface area contributed by atoms with Gasteiger partial charge in [-0.05, 0) is 30.2 Å². The molecule has 0 saturated heterocycles. The van der Waals surface area contributed by atoms with Gasteiger partial charge in [-0.3, -0.25) is 0 Å². The van der Waals surface area contributed by atoms with Gasteiger partial charge >= 0.3 is 17.9 Å². The van der Waals surface area contributed by atoms with Gasteiger partial charge in [0, 0.05) is 0 Å². The zero-order valence-electron chi connectivity index (χ0n) is 11.7. The number of hydrogen-bond acceptors (Lipinski definition) is 5. The van der Waals surface area contributed by atoms with Gasteiger partial charge in [0.2, 0.25) is 0 Å². The van der Waals surface area contributed by atoms with Crippen LogP contribution in [-0.4, -0.2) is 34.7 Å². The summed E-state index contributed by atoms with van der Waals surface area (Å²) in [4.78, 5) is 33.6. The number of aromatic carboxylic acids is 2. The Labute approximate surface area is 126 Å². The number of carbonyl (C=O) groups is 3. The van der Waals surface area contributed by atoms with E-state index in [0.29, 0.717) is 6.42 Å². The molecule has 0 unspecified atom stereocenters. The molecular formula is C15H13NO6. The maximum absolute atomic E-state index is 11.6. The highest BCUT2D eigenvalue weighted by Gasteiger charge is 2.17. The molecule has 22 heavy (non-hydrogen) atoms. The van der Waals surface area contributed by atoms with Crippen LogP contribution in [0.25, 0.3) is 6.08 Å². The number of hydrogen-bond donors (Lipinski definition) is 2. The van der Waals surface area contributed by atoms with Gasteiger partial charge in [0.15, 0.2) is 0 Å². The van der Waals surface area contributed by atoms with Crippen molar-refractivity contribution in [3.8, 4) is 6.07 Å². The summed E-state index contributed by atoms with van der Waals surface area (Å²) < 4.78 is 4.82. The zero-order valence-corrected chi connectivity index (χ0v) is 11.7. The summed E-state index contributed by atoms with van der Waals surface area (Å²) in [6, 6.07) is 5.15. The highest BCUT2D eigenvalue weighted by atomic mass is 16.5. The van der Waals surface area contributed by atoms with E-state index in [1.54, 1.807) is 13.0 Å². The van der Waals surface area contributed by atoms with E-state index < -0.39 is 23.5 Å². The van der Waals surface area contributed by atoms with Crippen LogP contribution >= 0.6 is 0 Å². The minimum absolute atomic E-state index is 0.163. The van der Waals surface area contributed by atoms with E-state index in [1.807, 2.05) is 0 Å². The topological polar surface area (TPSA) is 125 Å². The van der Waals surface area contributed by atoms with Crippen molar-refractivity contribution in [1.29, 1.82) is 5.26 Å². The molecule has 0 aliphatic rings. The minimum Gasteiger partial charge on any atom is -0.478 e.